The normalized spacial score (nSPS) is 19.8. The summed E-state index contributed by atoms with van der Waals surface area (Å²) < 4.78 is 28.4. The molecule has 3 unspecified atom stereocenters. The topological polar surface area (TPSA) is 74.7 Å². The lowest BCUT2D eigenvalue weighted by Crippen LogP contribution is -2.51. The Kier molecular flexibility index (Phi) is 8.27. The van der Waals surface area contributed by atoms with Crippen LogP contribution in [0, 0.1) is 18.8 Å². The summed E-state index contributed by atoms with van der Waals surface area (Å²) in [4.78, 5) is 12.2. The van der Waals surface area contributed by atoms with Gasteiger partial charge < -0.3 is 5.11 Å². The Labute approximate surface area is 214 Å². The van der Waals surface area contributed by atoms with Crippen LogP contribution in [0.1, 0.15) is 55.2 Å². The molecule has 6 heteroatoms. The molecule has 0 radical (unpaired) electrons. The maximum atomic E-state index is 13.6. The number of aryl methyl sites for hydroxylation is 1. The van der Waals surface area contributed by atoms with Gasteiger partial charge in [-0.15, -0.1) is 0 Å². The van der Waals surface area contributed by atoms with Crippen LogP contribution in [0.3, 0.4) is 0 Å². The summed E-state index contributed by atoms with van der Waals surface area (Å²) in [6.07, 6.45) is 2.80. The minimum absolute atomic E-state index is 0.0840. The van der Waals surface area contributed by atoms with E-state index < -0.39 is 22.0 Å². The molecule has 0 saturated carbocycles. The van der Waals surface area contributed by atoms with Crippen LogP contribution in [0.4, 0.5) is 0 Å². The van der Waals surface area contributed by atoms with Crippen molar-refractivity contribution in [2.45, 2.75) is 56.4 Å². The third-order valence-corrected chi connectivity index (χ3v) is 9.51. The highest BCUT2D eigenvalue weighted by atomic mass is 32.2. The number of benzene rings is 3. The molecular weight excluding hydrogens is 470 g/mol. The molecule has 1 N–H and O–H groups in total. The molecule has 1 heterocycles. The number of carbonyl (C=O) groups is 1. The minimum Gasteiger partial charge on any atom is -0.480 e. The molecule has 4 rings (SSSR count). The maximum Gasteiger partial charge on any atom is 0.322 e. The molecule has 1 aliphatic heterocycles. The Morgan fingerprint density at radius 1 is 0.917 bits per heavy atom. The Morgan fingerprint density at radius 3 is 1.97 bits per heavy atom. The molecule has 0 amide bonds. The van der Waals surface area contributed by atoms with Crippen LogP contribution < -0.4 is 0 Å². The Hall–Kier alpha value is -2.96. The summed E-state index contributed by atoms with van der Waals surface area (Å²) in [7, 11) is -3.93. The monoisotopic (exact) mass is 505 g/mol. The fourth-order valence-corrected chi connectivity index (χ4v) is 7.21. The van der Waals surface area contributed by atoms with Gasteiger partial charge in [0, 0.05) is 12.5 Å². The number of rotatable bonds is 9. The van der Waals surface area contributed by atoms with Gasteiger partial charge >= 0.3 is 5.97 Å². The largest absolute Gasteiger partial charge is 0.480 e. The summed E-state index contributed by atoms with van der Waals surface area (Å²) in [6.45, 7) is 4.27. The SMILES string of the molecule is CCC(CC(c1ccccc1)c1ccccc1)C1CCC(C(=O)O)N(S(=O)(=O)c2ccc(C)cc2)C1. The third-order valence-electron chi connectivity index (χ3n) is 7.62. The van der Waals surface area contributed by atoms with E-state index in [9.17, 15) is 18.3 Å². The van der Waals surface area contributed by atoms with E-state index in [2.05, 4.69) is 55.5 Å². The Bertz CT molecular complexity index is 1200. The number of carboxylic acid groups (broad SMARTS) is 1. The first-order chi connectivity index (χ1) is 17.3. The molecule has 3 aromatic rings. The summed E-state index contributed by atoms with van der Waals surface area (Å²) in [6, 6.07) is 26.5. The van der Waals surface area contributed by atoms with Gasteiger partial charge in [0.1, 0.15) is 6.04 Å². The van der Waals surface area contributed by atoms with Crippen LogP contribution >= 0.6 is 0 Å². The van der Waals surface area contributed by atoms with Gasteiger partial charge in [-0.1, -0.05) is 91.7 Å². The van der Waals surface area contributed by atoms with E-state index >= 15 is 0 Å². The van der Waals surface area contributed by atoms with Crippen LogP contribution in [0.15, 0.2) is 89.8 Å². The van der Waals surface area contributed by atoms with E-state index in [1.54, 1.807) is 24.3 Å². The number of aliphatic carboxylic acids is 1. The molecule has 0 aromatic heterocycles. The molecule has 0 bridgehead atoms. The van der Waals surface area contributed by atoms with E-state index in [4.69, 9.17) is 0 Å². The van der Waals surface area contributed by atoms with E-state index in [-0.39, 0.29) is 29.2 Å². The Balaban J connectivity index is 1.63. The zero-order valence-electron chi connectivity index (χ0n) is 21.0. The lowest BCUT2D eigenvalue weighted by Gasteiger charge is -2.40. The van der Waals surface area contributed by atoms with E-state index in [0.29, 0.717) is 12.8 Å². The van der Waals surface area contributed by atoms with Crippen molar-refractivity contribution in [3.05, 3.63) is 102 Å². The quantitative estimate of drug-likeness (QED) is 0.381. The molecule has 0 aliphatic carbocycles. The lowest BCUT2D eigenvalue weighted by atomic mass is 9.75. The zero-order chi connectivity index (χ0) is 25.7. The van der Waals surface area contributed by atoms with Crippen molar-refractivity contribution in [1.82, 2.24) is 4.31 Å². The standard InChI is InChI=1S/C30H35NO4S/c1-3-23(20-28(24-10-6-4-7-11-24)25-12-8-5-9-13-25)26-16-19-29(30(32)33)31(21-26)36(34,35)27-17-14-22(2)15-18-27/h4-15,17-18,23,26,28-29H,3,16,19-21H2,1-2H3,(H,32,33). The first kappa shape index (κ1) is 26.1. The average molecular weight is 506 g/mol. The summed E-state index contributed by atoms with van der Waals surface area (Å²) in [5.74, 6) is -0.554. The van der Waals surface area contributed by atoms with Gasteiger partial charge in [-0.25, -0.2) is 8.42 Å². The van der Waals surface area contributed by atoms with Gasteiger partial charge in [-0.2, -0.15) is 4.31 Å². The molecule has 36 heavy (non-hydrogen) atoms. The van der Waals surface area contributed by atoms with Crippen molar-refractivity contribution < 1.29 is 18.3 Å². The highest BCUT2D eigenvalue weighted by molar-refractivity contribution is 7.89. The second kappa shape index (κ2) is 11.4. The predicted molar refractivity (Wildman–Crippen MR) is 142 cm³/mol. The van der Waals surface area contributed by atoms with E-state index in [0.717, 1.165) is 18.4 Å². The van der Waals surface area contributed by atoms with Gasteiger partial charge in [0.2, 0.25) is 10.0 Å². The van der Waals surface area contributed by atoms with Gasteiger partial charge in [0.25, 0.3) is 0 Å². The number of carboxylic acids is 1. The van der Waals surface area contributed by atoms with Crippen LogP contribution in [0.2, 0.25) is 0 Å². The third kappa shape index (κ3) is 5.71. The summed E-state index contributed by atoms with van der Waals surface area (Å²) in [5, 5.41) is 9.88. The van der Waals surface area contributed by atoms with Crippen molar-refractivity contribution in [2.75, 3.05) is 6.54 Å². The van der Waals surface area contributed by atoms with Crippen molar-refractivity contribution in [1.29, 1.82) is 0 Å². The Morgan fingerprint density at radius 2 is 1.47 bits per heavy atom. The van der Waals surface area contributed by atoms with Crippen molar-refractivity contribution >= 4 is 16.0 Å². The highest BCUT2D eigenvalue weighted by Crippen LogP contribution is 2.40. The van der Waals surface area contributed by atoms with Crippen LogP contribution in [0.25, 0.3) is 0 Å². The van der Waals surface area contributed by atoms with Gasteiger partial charge in [-0.3, -0.25) is 4.79 Å². The number of hydrogen-bond acceptors (Lipinski definition) is 3. The number of hydrogen-bond donors (Lipinski definition) is 1. The zero-order valence-corrected chi connectivity index (χ0v) is 21.8. The predicted octanol–water partition coefficient (Wildman–Crippen LogP) is 6.10. The fraction of sp³-hybridized carbons (Fsp3) is 0.367. The van der Waals surface area contributed by atoms with Crippen LogP contribution in [-0.2, 0) is 14.8 Å². The van der Waals surface area contributed by atoms with Gasteiger partial charge in [0.05, 0.1) is 4.90 Å². The molecule has 5 nitrogen and oxygen atoms in total. The van der Waals surface area contributed by atoms with E-state index in [1.807, 2.05) is 19.1 Å². The highest BCUT2D eigenvalue weighted by Gasteiger charge is 2.42. The maximum absolute atomic E-state index is 13.6. The molecule has 1 saturated heterocycles. The van der Waals surface area contributed by atoms with Gasteiger partial charge in [-0.05, 0) is 61.3 Å². The molecule has 3 aromatic carbocycles. The molecule has 3 atom stereocenters. The van der Waals surface area contributed by atoms with Crippen LogP contribution in [-0.4, -0.2) is 36.4 Å². The van der Waals surface area contributed by atoms with Crippen molar-refractivity contribution in [3.63, 3.8) is 0 Å². The smallest absolute Gasteiger partial charge is 0.322 e. The first-order valence-electron chi connectivity index (χ1n) is 12.7. The van der Waals surface area contributed by atoms with E-state index in [1.165, 1.54) is 15.4 Å². The number of piperidine rings is 1. The fourth-order valence-electron chi connectivity index (χ4n) is 5.54. The lowest BCUT2D eigenvalue weighted by molar-refractivity contribution is -0.143. The average Bonchev–Trinajstić information content (AvgIpc) is 2.90. The molecular formula is C30H35NO4S. The van der Waals surface area contributed by atoms with Crippen LogP contribution in [0.5, 0.6) is 0 Å². The molecule has 1 fully saturated rings. The second-order valence-corrected chi connectivity index (χ2v) is 11.7. The molecule has 1 aliphatic rings. The minimum atomic E-state index is -3.93. The number of sulfonamides is 1. The second-order valence-electron chi connectivity index (χ2n) is 9.86. The van der Waals surface area contributed by atoms with Crippen molar-refractivity contribution in [2.24, 2.45) is 11.8 Å². The first-order valence-corrected chi connectivity index (χ1v) is 14.2. The van der Waals surface area contributed by atoms with Gasteiger partial charge in [0.15, 0.2) is 0 Å². The summed E-state index contributed by atoms with van der Waals surface area (Å²) in [5.41, 5.74) is 3.44. The molecule has 190 valence electrons. The summed E-state index contributed by atoms with van der Waals surface area (Å²) >= 11 is 0. The molecule has 0 spiro atoms. The van der Waals surface area contributed by atoms with Crippen molar-refractivity contribution in [3.8, 4) is 0 Å². The number of nitrogens with zero attached hydrogens (tertiary/aromatic N) is 1.